The van der Waals surface area contributed by atoms with Gasteiger partial charge in [0.25, 0.3) is 0 Å². The molecule has 0 fully saturated rings. The van der Waals surface area contributed by atoms with E-state index in [0.717, 1.165) is 11.5 Å². The van der Waals surface area contributed by atoms with Crippen molar-refractivity contribution in [1.82, 2.24) is 5.32 Å². The van der Waals surface area contributed by atoms with Crippen LogP contribution in [0, 0.1) is 0 Å². The van der Waals surface area contributed by atoms with Gasteiger partial charge in [-0.15, -0.1) is 11.3 Å². The number of nitrogens with zero attached hydrogens (tertiary/aromatic N) is 1. The smallest absolute Gasteiger partial charge is 0.110 e. The van der Waals surface area contributed by atoms with Crippen molar-refractivity contribution in [3.63, 3.8) is 0 Å². The summed E-state index contributed by atoms with van der Waals surface area (Å²) in [7, 11) is 0. The van der Waals surface area contributed by atoms with E-state index in [1.54, 1.807) is 11.3 Å². The van der Waals surface area contributed by atoms with Gasteiger partial charge in [0.15, 0.2) is 0 Å². The molecule has 0 aliphatic carbocycles. The third-order valence-corrected chi connectivity index (χ3v) is 2.09. The molecule has 1 aromatic heterocycles. The van der Waals surface area contributed by atoms with Gasteiger partial charge in [0, 0.05) is 6.54 Å². The van der Waals surface area contributed by atoms with Crippen LogP contribution in [0.2, 0.25) is 0 Å². The minimum absolute atomic E-state index is 0.983. The van der Waals surface area contributed by atoms with E-state index in [2.05, 4.69) is 23.7 Å². The van der Waals surface area contributed by atoms with Crippen LogP contribution < -0.4 is 5.32 Å². The topological polar surface area (TPSA) is 14.1 Å². The first kappa shape index (κ1) is 7.61. The first-order valence-corrected chi connectivity index (χ1v) is 4.52. The lowest BCUT2D eigenvalue weighted by Crippen LogP contribution is -1.96. The molecule has 0 aromatic carbocycles. The molecular weight excluding hydrogens is 142 g/mol. The highest BCUT2D eigenvalue weighted by Crippen LogP contribution is 2.14. The van der Waals surface area contributed by atoms with Gasteiger partial charge in [0.1, 0.15) is 5.00 Å². The van der Waals surface area contributed by atoms with Crippen molar-refractivity contribution in [3.05, 3.63) is 17.5 Å². The molecule has 0 N–H and O–H groups in total. The van der Waals surface area contributed by atoms with Crippen LogP contribution >= 0.6 is 11.3 Å². The Balaban J connectivity index is 2.15. The summed E-state index contributed by atoms with van der Waals surface area (Å²) in [6.45, 7) is 3.17. The van der Waals surface area contributed by atoms with Crippen LogP contribution in [-0.2, 0) is 0 Å². The molecule has 0 unspecified atom stereocenters. The highest BCUT2D eigenvalue weighted by Gasteiger charge is 1.90. The van der Waals surface area contributed by atoms with Gasteiger partial charge in [-0.05, 0) is 23.9 Å². The molecule has 1 rings (SSSR count). The van der Waals surface area contributed by atoms with E-state index in [-0.39, 0.29) is 0 Å². The normalized spacial score (nSPS) is 9.70. The molecule has 1 nitrogen and oxygen atoms in total. The highest BCUT2D eigenvalue weighted by molar-refractivity contribution is 7.13. The highest BCUT2D eigenvalue weighted by atomic mass is 32.1. The molecule has 0 amide bonds. The van der Waals surface area contributed by atoms with Crippen LogP contribution in [0.5, 0.6) is 0 Å². The Morgan fingerprint density at radius 3 is 3.10 bits per heavy atom. The van der Waals surface area contributed by atoms with Crippen LogP contribution in [0.25, 0.3) is 0 Å². The van der Waals surface area contributed by atoms with Crippen molar-refractivity contribution in [3.8, 4) is 0 Å². The number of rotatable bonds is 4. The van der Waals surface area contributed by atoms with Gasteiger partial charge in [0.05, 0.1) is 0 Å². The molecule has 0 saturated heterocycles. The van der Waals surface area contributed by atoms with Crippen molar-refractivity contribution >= 4 is 16.3 Å². The Labute approximate surface area is 66.1 Å². The van der Waals surface area contributed by atoms with Crippen molar-refractivity contribution < 1.29 is 0 Å². The van der Waals surface area contributed by atoms with Crippen LogP contribution in [0.1, 0.15) is 19.8 Å². The molecule has 1 radical (unpaired) electrons. The summed E-state index contributed by atoms with van der Waals surface area (Å²) in [5, 5.41) is 7.60. The summed E-state index contributed by atoms with van der Waals surface area (Å²) in [6, 6.07) is 4.09. The third-order valence-electron chi connectivity index (χ3n) is 1.29. The predicted molar refractivity (Wildman–Crippen MR) is 45.9 cm³/mol. The van der Waals surface area contributed by atoms with Gasteiger partial charge >= 0.3 is 0 Å². The first-order chi connectivity index (χ1) is 4.93. The minimum Gasteiger partial charge on any atom is -0.275 e. The third kappa shape index (κ3) is 2.40. The van der Waals surface area contributed by atoms with Gasteiger partial charge < -0.3 is 0 Å². The molecule has 0 saturated carbocycles. The number of unbranched alkanes of at least 4 members (excludes halogenated alkanes) is 1. The van der Waals surface area contributed by atoms with E-state index in [9.17, 15) is 0 Å². The monoisotopic (exact) mass is 154 g/mol. The molecule has 0 atom stereocenters. The van der Waals surface area contributed by atoms with Crippen LogP contribution in [0.4, 0.5) is 5.00 Å². The second-order valence-electron chi connectivity index (χ2n) is 2.19. The van der Waals surface area contributed by atoms with Gasteiger partial charge in [-0.3, -0.25) is 5.32 Å². The van der Waals surface area contributed by atoms with Crippen molar-refractivity contribution in [2.24, 2.45) is 0 Å². The fourth-order valence-electron chi connectivity index (χ4n) is 0.707. The number of hydrogen-bond acceptors (Lipinski definition) is 1. The maximum atomic E-state index is 4.37. The van der Waals surface area contributed by atoms with E-state index < -0.39 is 0 Å². The lowest BCUT2D eigenvalue weighted by Gasteiger charge is -1.95. The molecule has 1 aromatic rings. The molecule has 0 bridgehead atoms. The zero-order chi connectivity index (χ0) is 7.23. The number of hydrogen-bond donors (Lipinski definition) is 0. The number of thiophene rings is 1. The van der Waals surface area contributed by atoms with E-state index in [0.29, 0.717) is 0 Å². The van der Waals surface area contributed by atoms with Crippen molar-refractivity contribution in [1.29, 1.82) is 0 Å². The van der Waals surface area contributed by atoms with E-state index in [1.165, 1.54) is 12.8 Å². The summed E-state index contributed by atoms with van der Waals surface area (Å²) in [5.74, 6) is 0. The van der Waals surface area contributed by atoms with E-state index in [1.807, 2.05) is 6.07 Å². The molecule has 0 spiro atoms. The maximum Gasteiger partial charge on any atom is 0.110 e. The summed E-state index contributed by atoms with van der Waals surface area (Å²) >= 11 is 1.71. The second kappa shape index (κ2) is 4.34. The molecule has 0 aliphatic heterocycles. The molecule has 10 heavy (non-hydrogen) atoms. The van der Waals surface area contributed by atoms with Gasteiger partial charge in [-0.2, -0.15) is 0 Å². The van der Waals surface area contributed by atoms with Crippen LogP contribution in [0.3, 0.4) is 0 Å². The largest absolute Gasteiger partial charge is 0.275 e. The average Bonchev–Trinajstić information content (AvgIpc) is 2.41. The van der Waals surface area contributed by atoms with Gasteiger partial charge in [-0.25, -0.2) is 0 Å². The summed E-state index contributed by atoms with van der Waals surface area (Å²) in [4.78, 5) is 0. The fraction of sp³-hybridized carbons (Fsp3) is 0.500. The molecule has 2 heteroatoms. The maximum absolute atomic E-state index is 4.37. The summed E-state index contributed by atoms with van der Waals surface area (Å²) < 4.78 is 0. The predicted octanol–water partition coefficient (Wildman–Crippen LogP) is 2.78. The van der Waals surface area contributed by atoms with Gasteiger partial charge in [0.2, 0.25) is 0 Å². The lowest BCUT2D eigenvalue weighted by atomic mass is 10.3. The summed E-state index contributed by atoms with van der Waals surface area (Å²) in [6.07, 6.45) is 2.44. The first-order valence-electron chi connectivity index (χ1n) is 3.64. The standard InChI is InChI=1S/C8H12NS/c1-2-3-6-9-8-5-4-7-10-8/h4-5,7H,2-3,6H2,1H3. The van der Waals surface area contributed by atoms with Gasteiger partial charge in [-0.1, -0.05) is 13.3 Å². The zero-order valence-electron chi connectivity index (χ0n) is 6.21. The Kier molecular flexibility index (Phi) is 3.30. The Morgan fingerprint density at radius 2 is 2.50 bits per heavy atom. The SMILES string of the molecule is CCCC[N]c1cccs1. The molecule has 1 heterocycles. The van der Waals surface area contributed by atoms with Crippen LogP contribution in [0.15, 0.2) is 17.5 Å². The molecule has 55 valence electrons. The Hall–Kier alpha value is -0.500. The van der Waals surface area contributed by atoms with Crippen molar-refractivity contribution in [2.45, 2.75) is 19.8 Å². The Morgan fingerprint density at radius 1 is 1.60 bits per heavy atom. The van der Waals surface area contributed by atoms with E-state index >= 15 is 0 Å². The van der Waals surface area contributed by atoms with Crippen LogP contribution in [-0.4, -0.2) is 6.54 Å². The fourth-order valence-corrected chi connectivity index (χ4v) is 1.33. The lowest BCUT2D eigenvalue weighted by molar-refractivity contribution is 0.737. The van der Waals surface area contributed by atoms with Crippen molar-refractivity contribution in [2.75, 3.05) is 6.54 Å². The quantitative estimate of drug-likeness (QED) is 0.592. The second-order valence-corrected chi connectivity index (χ2v) is 3.11. The average molecular weight is 154 g/mol. The Bertz CT molecular complexity index is 158. The minimum atomic E-state index is 0.983. The molecule has 0 aliphatic rings. The van der Waals surface area contributed by atoms with E-state index in [4.69, 9.17) is 0 Å². The zero-order valence-corrected chi connectivity index (χ0v) is 7.03. The summed E-state index contributed by atoms with van der Waals surface area (Å²) in [5.41, 5.74) is 0. The molecular formula is C8H12NS.